The average Bonchev–Trinajstić information content (AvgIpc) is 3.33. The first kappa shape index (κ1) is 32.2. The number of carboxylic acids is 1. The predicted molar refractivity (Wildman–Crippen MR) is 150 cm³/mol. The summed E-state index contributed by atoms with van der Waals surface area (Å²) in [6, 6.07) is 2.71. The number of aliphatic carboxylic acids is 1. The molecule has 5 unspecified atom stereocenters. The van der Waals surface area contributed by atoms with E-state index in [0.29, 0.717) is 31.4 Å². The maximum absolute atomic E-state index is 13.5. The van der Waals surface area contributed by atoms with Gasteiger partial charge in [0.05, 0.1) is 12.5 Å². The highest BCUT2D eigenvalue weighted by atomic mass is 16.4. The molecular weight excluding hydrogens is 518 g/mol. The van der Waals surface area contributed by atoms with Gasteiger partial charge in [0.2, 0.25) is 23.6 Å². The van der Waals surface area contributed by atoms with Crippen molar-refractivity contribution in [2.45, 2.75) is 76.5 Å². The Morgan fingerprint density at radius 3 is 2.20 bits per heavy atom. The van der Waals surface area contributed by atoms with Gasteiger partial charge in [0.1, 0.15) is 18.1 Å². The van der Waals surface area contributed by atoms with Crippen LogP contribution >= 0.6 is 0 Å². The molecule has 2 aromatic rings. The molecule has 40 heavy (non-hydrogen) atoms. The van der Waals surface area contributed by atoms with Gasteiger partial charge in [-0.3, -0.25) is 19.2 Å². The number of unbranched alkanes of at least 4 members (excludes halogenated alkanes) is 1. The zero-order valence-corrected chi connectivity index (χ0v) is 22.9. The molecule has 0 aliphatic heterocycles. The largest absolute Gasteiger partial charge is 0.480 e. The highest BCUT2D eigenvalue weighted by Crippen LogP contribution is 2.19. The Morgan fingerprint density at radius 1 is 0.950 bits per heavy atom. The van der Waals surface area contributed by atoms with Crippen LogP contribution in [0.5, 0.6) is 0 Å². The van der Waals surface area contributed by atoms with Crippen LogP contribution in [-0.4, -0.2) is 70.4 Å². The van der Waals surface area contributed by atoms with Crippen LogP contribution in [0, 0.1) is 5.92 Å². The van der Waals surface area contributed by atoms with Gasteiger partial charge in [-0.1, -0.05) is 38.5 Å². The van der Waals surface area contributed by atoms with Crippen molar-refractivity contribution < 1.29 is 29.1 Å². The maximum atomic E-state index is 13.5. The zero-order valence-electron chi connectivity index (χ0n) is 22.9. The molecule has 4 amide bonds. The molecule has 1 aromatic carbocycles. The van der Waals surface area contributed by atoms with E-state index in [-0.39, 0.29) is 18.8 Å². The molecule has 0 fully saturated rings. The Bertz CT molecular complexity index is 1180. The van der Waals surface area contributed by atoms with Crippen molar-refractivity contribution in [1.29, 1.82) is 0 Å². The van der Waals surface area contributed by atoms with Crippen LogP contribution in [0.2, 0.25) is 0 Å². The van der Waals surface area contributed by atoms with E-state index in [4.69, 9.17) is 17.2 Å². The molecule has 220 valence electrons. The minimum absolute atomic E-state index is 0.000343. The summed E-state index contributed by atoms with van der Waals surface area (Å²) >= 11 is 0. The van der Waals surface area contributed by atoms with E-state index in [2.05, 4.69) is 20.9 Å². The Kier molecular flexibility index (Phi) is 12.6. The molecule has 0 aliphatic rings. The number of primary amides is 1. The Labute approximate surface area is 233 Å². The van der Waals surface area contributed by atoms with E-state index in [1.165, 1.54) is 0 Å². The molecule has 2 rings (SSSR count). The molecule has 0 bridgehead atoms. The third-order valence-corrected chi connectivity index (χ3v) is 6.89. The monoisotopic (exact) mass is 559 g/mol. The summed E-state index contributed by atoms with van der Waals surface area (Å²) in [5.74, 6) is -4.43. The molecule has 0 saturated heterocycles. The lowest BCUT2D eigenvalue weighted by Crippen LogP contribution is -2.58. The zero-order chi connectivity index (χ0) is 29.8. The summed E-state index contributed by atoms with van der Waals surface area (Å²) < 4.78 is 0. The van der Waals surface area contributed by atoms with Gasteiger partial charge in [0, 0.05) is 23.5 Å². The quantitative estimate of drug-likeness (QED) is 0.119. The number of para-hydroxylation sites is 1. The fourth-order valence-corrected chi connectivity index (χ4v) is 4.22. The van der Waals surface area contributed by atoms with Crippen molar-refractivity contribution in [2.75, 3.05) is 6.54 Å². The third kappa shape index (κ3) is 9.35. The molecule has 5 atom stereocenters. The van der Waals surface area contributed by atoms with Crippen molar-refractivity contribution in [2.24, 2.45) is 23.1 Å². The number of carbonyl (C=O) groups excluding carboxylic acids is 4. The first-order chi connectivity index (χ1) is 19.0. The lowest BCUT2D eigenvalue weighted by Gasteiger charge is -2.26. The number of carbonyl (C=O) groups is 5. The second-order valence-corrected chi connectivity index (χ2v) is 9.95. The highest BCUT2D eigenvalue weighted by molar-refractivity contribution is 5.95. The number of rotatable bonds is 17. The fourth-order valence-electron chi connectivity index (χ4n) is 4.22. The van der Waals surface area contributed by atoms with Gasteiger partial charge in [0.25, 0.3) is 0 Å². The summed E-state index contributed by atoms with van der Waals surface area (Å²) in [5.41, 5.74) is 18.3. The molecule has 0 radical (unpaired) electrons. The summed E-state index contributed by atoms with van der Waals surface area (Å²) in [6.07, 6.45) is 3.14. The van der Waals surface area contributed by atoms with E-state index in [1.54, 1.807) is 6.20 Å². The van der Waals surface area contributed by atoms with Gasteiger partial charge in [-0.2, -0.15) is 0 Å². The van der Waals surface area contributed by atoms with E-state index in [9.17, 15) is 29.1 Å². The fraction of sp³-hybridized carbons (Fsp3) is 0.519. The highest BCUT2D eigenvalue weighted by Gasteiger charge is 2.32. The van der Waals surface area contributed by atoms with Crippen molar-refractivity contribution in [1.82, 2.24) is 20.9 Å². The Balaban J connectivity index is 2.33. The molecule has 0 spiro atoms. The molecule has 13 heteroatoms. The van der Waals surface area contributed by atoms with Crippen molar-refractivity contribution in [3.63, 3.8) is 0 Å². The standard InChI is InChI=1S/C27H41N7O6/c1-3-15(2)23(30)26(38)32-19(10-6-7-11-28)24(36)33-20(25(37)34-21(27(39)40)13-22(29)35)12-16-14-31-18-9-5-4-8-17(16)18/h4-5,8-9,14-15,19-21,23,31H,3,6-7,10-13,28,30H2,1-2H3,(H2,29,35)(H,32,38)(H,33,36)(H,34,37)(H,39,40). The van der Waals surface area contributed by atoms with Crippen LogP contribution < -0.4 is 33.2 Å². The molecule has 1 aromatic heterocycles. The number of carboxylic acid groups (broad SMARTS) is 1. The summed E-state index contributed by atoms with van der Waals surface area (Å²) in [6.45, 7) is 4.14. The van der Waals surface area contributed by atoms with Crippen LogP contribution in [0.4, 0.5) is 0 Å². The van der Waals surface area contributed by atoms with Crippen molar-refractivity contribution in [3.05, 3.63) is 36.0 Å². The molecule has 1 heterocycles. The molecule has 13 nitrogen and oxygen atoms in total. The lowest BCUT2D eigenvalue weighted by molar-refractivity contribution is -0.143. The number of nitrogens with one attached hydrogen (secondary N) is 4. The van der Waals surface area contributed by atoms with Gasteiger partial charge >= 0.3 is 5.97 Å². The van der Waals surface area contributed by atoms with Crippen LogP contribution in [0.1, 0.15) is 51.5 Å². The van der Waals surface area contributed by atoms with E-state index in [1.807, 2.05) is 38.1 Å². The Hall–Kier alpha value is -3.97. The number of aromatic nitrogens is 1. The average molecular weight is 560 g/mol. The minimum Gasteiger partial charge on any atom is -0.480 e. The van der Waals surface area contributed by atoms with Gasteiger partial charge in [-0.05, 0) is 43.4 Å². The Morgan fingerprint density at radius 2 is 1.57 bits per heavy atom. The first-order valence-electron chi connectivity index (χ1n) is 13.4. The van der Waals surface area contributed by atoms with Gasteiger partial charge in [-0.15, -0.1) is 0 Å². The second-order valence-electron chi connectivity index (χ2n) is 9.95. The number of amides is 4. The maximum Gasteiger partial charge on any atom is 0.326 e. The number of hydrogen-bond donors (Lipinski definition) is 8. The number of benzene rings is 1. The first-order valence-corrected chi connectivity index (χ1v) is 13.4. The van der Waals surface area contributed by atoms with Crippen molar-refractivity contribution in [3.8, 4) is 0 Å². The minimum atomic E-state index is -1.58. The summed E-state index contributed by atoms with van der Waals surface area (Å²) in [5, 5.41) is 18.0. The lowest BCUT2D eigenvalue weighted by atomic mass is 9.98. The number of hydrogen-bond acceptors (Lipinski definition) is 7. The summed E-state index contributed by atoms with van der Waals surface area (Å²) in [4.78, 5) is 65.7. The topological polar surface area (TPSA) is 236 Å². The smallest absolute Gasteiger partial charge is 0.326 e. The van der Waals surface area contributed by atoms with E-state index >= 15 is 0 Å². The van der Waals surface area contributed by atoms with Crippen LogP contribution in [-0.2, 0) is 30.4 Å². The second kappa shape index (κ2) is 15.6. The van der Waals surface area contributed by atoms with Crippen LogP contribution in [0.3, 0.4) is 0 Å². The molecular formula is C27H41N7O6. The molecule has 0 aliphatic carbocycles. The van der Waals surface area contributed by atoms with E-state index < -0.39 is 60.2 Å². The predicted octanol–water partition coefficient (Wildman–Crippen LogP) is -0.373. The van der Waals surface area contributed by atoms with Crippen LogP contribution in [0.25, 0.3) is 10.9 Å². The summed E-state index contributed by atoms with van der Waals surface area (Å²) in [7, 11) is 0. The van der Waals surface area contributed by atoms with E-state index in [0.717, 1.165) is 10.9 Å². The number of nitrogens with two attached hydrogens (primary N) is 3. The number of aromatic amines is 1. The third-order valence-electron chi connectivity index (χ3n) is 6.89. The van der Waals surface area contributed by atoms with Gasteiger partial charge in [0.15, 0.2) is 0 Å². The normalized spacial score (nSPS) is 14.9. The van der Waals surface area contributed by atoms with Crippen molar-refractivity contribution >= 4 is 40.5 Å². The molecule has 0 saturated carbocycles. The van der Waals surface area contributed by atoms with Gasteiger partial charge in [-0.25, -0.2) is 4.79 Å². The number of fused-ring (bicyclic) bond motifs is 1. The van der Waals surface area contributed by atoms with Gasteiger partial charge < -0.3 is 43.2 Å². The SMILES string of the molecule is CCC(C)C(N)C(=O)NC(CCCCN)C(=O)NC(Cc1c[nH]c2ccccc12)C(=O)NC(CC(N)=O)C(=O)O. The number of H-pyrrole nitrogens is 1. The van der Waals surface area contributed by atoms with Crippen LogP contribution in [0.15, 0.2) is 30.5 Å². The molecule has 11 N–H and O–H groups in total.